The predicted molar refractivity (Wildman–Crippen MR) is 61.3 cm³/mol. The Morgan fingerprint density at radius 2 is 2.07 bits per heavy atom. The summed E-state index contributed by atoms with van der Waals surface area (Å²) in [6, 6.07) is 6.16. The van der Waals surface area contributed by atoms with E-state index in [1.807, 2.05) is 18.3 Å². The largest absolute Gasteiger partial charge is 0.363 e. The van der Waals surface area contributed by atoms with E-state index in [4.69, 9.17) is 0 Å². The van der Waals surface area contributed by atoms with E-state index in [0.717, 1.165) is 31.6 Å². The molecule has 1 aromatic heterocycles. The van der Waals surface area contributed by atoms with Gasteiger partial charge in [-0.25, -0.2) is 0 Å². The van der Waals surface area contributed by atoms with Crippen molar-refractivity contribution in [3.05, 3.63) is 24.0 Å². The number of hydrogen-bond donors (Lipinski definition) is 1. The molecule has 1 rings (SSSR count). The molecule has 0 aliphatic carbocycles. The van der Waals surface area contributed by atoms with Gasteiger partial charge >= 0.3 is 0 Å². The Labute approximate surface area is 91.7 Å². The molecule has 1 unspecified atom stereocenters. The molecule has 0 saturated heterocycles. The number of nitrogens with one attached hydrogen (secondary N) is 1. The average molecular weight is 205 g/mol. The van der Waals surface area contributed by atoms with Crippen LogP contribution in [-0.4, -0.2) is 23.0 Å². The fraction of sp³-hybridized carbons (Fsp3) is 0.583. The van der Waals surface area contributed by atoms with Crippen LogP contribution in [0.4, 0.5) is 0 Å². The maximum atomic E-state index is 9.21. The van der Waals surface area contributed by atoms with Gasteiger partial charge in [0.2, 0.25) is 0 Å². The molecule has 1 N–H and O–H groups in total. The number of H-pyrrole nitrogens is 1. The van der Waals surface area contributed by atoms with Gasteiger partial charge in [-0.3, -0.25) is 4.90 Å². The van der Waals surface area contributed by atoms with Gasteiger partial charge in [0.1, 0.15) is 6.04 Å². The lowest BCUT2D eigenvalue weighted by Gasteiger charge is -2.25. The number of nitrogens with zero attached hydrogens (tertiary/aromatic N) is 2. The minimum Gasteiger partial charge on any atom is -0.363 e. The first-order valence-electron chi connectivity index (χ1n) is 5.60. The summed E-state index contributed by atoms with van der Waals surface area (Å²) in [5.41, 5.74) is 0.999. The van der Waals surface area contributed by atoms with Crippen molar-refractivity contribution in [2.45, 2.75) is 32.7 Å². The Hall–Kier alpha value is -1.27. The molecular formula is C12H19N3. The van der Waals surface area contributed by atoms with E-state index in [0.29, 0.717) is 0 Å². The molecule has 0 saturated carbocycles. The van der Waals surface area contributed by atoms with Gasteiger partial charge in [0.05, 0.1) is 6.07 Å². The summed E-state index contributed by atoms with van der Waals surface area (Å²) >= 11 is 0. The molecule has 1 atom stereocenters. The summed E-state index contributed by atoms with van der Waals surface area (Å²) in [6.45, 7) is 6.24. The standard InChI is InChI=1S/C12H19N3/c1-3-8-15(9-4-2)12(10-13)11-6-5-7-14-11/h5-7,12,14H,3-4,8-9H2,1-2H3. The summed E-state index contributed by atoms with van der Waals surface area (Å²) in [6.07, 6.45) is 4.04. The van der Waals surface area contributed by atoms with Gasteiger partial charge in [0, 0.05) is 11.9 Å². The lowest BCUT2D eigenvalue weighted by molar-refractivity contribution is 0.233. The summed E-state index contributed by atoms with van der Waals surface area (Å²) < 4.78 is 0. The number of aromatic nitrogens is 1. The van der Waals surface area contributed by atoms with Crippen LogP contribution in [0.2, 0.25) is 0 Å². The maximum Gasteiger partial charge on any atom is 0.138 e. The van der Waals surface area contributed by atoms with Crippen LogP contribution in [0.3, 0.4) is 0 Å². The zero-order valence-corrected chi connectivity index (χ0v) is 9.53. The molecule has 0 fully saturated rings. The van der Waals surface area contributed by atoms with Crippen LogP contribution in [0.25, 0.3) is 0 Å². The first-order valence-corrected chi connectivity index (χ1v) is 5.60. The molecular weight excluding hydrogens is 186 g/mol. The van der Waals surface area contributed by atoms with Crippen LogP contribution in [-0.2, 0) is 0 Å². The van der Waals surface area contributed by atoms with Crippen LogP contribution >= 0.6 is 0 Å². The van der Waals surface area contributed by atoms with E-state index in [1.54, 1.807) is 0 Å². The first-order chi connectivity index (χ1) is 7.33. The third-order valence-electron chi connectivity index (χ3n) is 2.43. The van der Waals surface area contributed by atoms with Gasteiger partial charge in [-0.05, 0) is 38.1 Å². The van der Waals surface area contributed by atoms with Crippen LogP contribution < -0.4 is 0 Å². The van der Waals surface area contributed by atoms with Crippen molar-refractivity contribution in [3.8, 4) is 6.07 Å². The molecule has 15 heavy (non-hydrogen) atoms. The molecule has 3 heteroatoms. The highest BCUT2D eigenvalue weighted by Gasteiger charge is 2.18. The highest BCUT2D eigenvalue weighted by atomic mass is 15.2. The van der Waals surface area contributed by atoms with Gasteiger partial charge in [-0.2, -0.15) is 5.26 Å². The molecule has 3 nitrogen and oxygen atoms in total. The Morgan fingerprint density at radius 1 is 1.40 bits per heavy atom. The molecule has 82 valence electrons. The van der Waals surface area contributed by atoms with Gasteiger partial charge in [-0.1, -0.05) is 13.8 Å². The molecule has 0 aliphatic rings. The van der Waals surface area contributed by atoms with Crippen molar-refractivity contribution >= 4 is 0 Å². The Bertz CT molecular complexity index is 291. The van der Waals surface area contributed by atoms with Gasteiger partial charge < -0.3 is 4.98 Å². The zero-order valence-electron chi connectivity index (χ0n) is 9.53. The maximum absolute atomic E-state index is 9.21. The monoisotopic (exact) mass is 205 g/mol. The van der Waals surface area contributed by atoms with E-state index in [1.165, 1.54) is 0 Å². The summed E-state index contributed by atoms with van der Waals surface area (Å²) in [7, 11) is 0. The van der Waals surface area contributed by atoms with E-state index in [9.17, 15) is 5.26 Å². The van der Waals surface area contributed by atoms with Gasteiger partial charge in [0.25, 0.3) is 0 Å². The molecule has 0 bridgehead atoms. The highest BCUT2D eigenvalue weighted by molar-refractivity contribution is 5.16. The smallest absolute Gasteiger partial charge is 0.138 e. The van der Waals surface area contributed by atoms with E-state index < -0.39 is 0 Å². The summed E-state index contributed by atoms with van der Waals surface area (Å²) in [5, 5.41) is 9.21. The fourth-order valence-electron chi connectivity index (χ4n) is 1.81. The number of nitriles is 1. The predicted octanol–water partition coefficient (Wildman–Crippen LogP) is 2.70. The van der Waals surface area contributed by atoms with Crippen LogP contribution in [0.1, 0.15) is 38.4 Å². The van der Waals surface area contributed by atoms with E-state index in [-0.39, 0.29) is 6.04 Å². The molecule has 0 radical (unpaired) electrons. The van der Waals surface area contributed by atoms with Crippen LogP contribution in [0, 0.1) is 11.3 Å². The zero-order chi connectivity index (χ0) is 11.1. The number of hydrogen-bond acceptors (Lipinski definition) is 2. The van der Waals surface area contributed by atoms with E-state index >= 15 is 0 Å². The molecule has 0 spiro atoms. The fourth-order valence-corrected chi connectivity index (χ4v) is 1.81. The van der Waals surface area contributed by atoms with Crippen molar-refractivity contribution < 1.29 is 0 Å². The van der Waals surface area contributed by atoms with Crippen LogP contribution in [0.15, 0.2) is 18.3 Å². The Balaban J connectivity index is 2.74. The van der Waals surface area contributed by atoms with Crippen molar-refractivity contribution in [2.75, 3.05) is 13.1 Å². The van der Waals surface area contributed by atoms with Crippen LogP contribution in [0.5, 0.6) is 0 Å². The first kappa shape index (κ1) is 11.8. The highest BCUT2D eigenvalue weighted by Crippen LogP contribution is 2.18. The molecule has 0 aliphatic heterocycles. The number of aromatic amines is 1. The third-order valence-corrected chi connectivity index (χ3v) is 2.43. The molecule has 1 aromatic rings. The normalized spacial score (nSPS) is 12.7. The second-order valence-corrected chi connectivity index (χ2v) is 3.69. The summed E-state index contributed by atoms with van der Waals surface area (Å²) in [5.74, 6) is 0. The Kier molecular flexibility index (Phi) is 4.92. The third kappa shape index (κ3) is 3.10. The molecule has 0 amide bonds. The number of rotatable bonds is 6. The minimum absolute atomic E-state index is 0.125. The van der Waals surface area contributed by atoms with Crippen molar-refractivity contribution in [3.63, 3.8) is 0 Å². The van der Waals surface area contributed by atoms with Crippen molar-refractivity contribution in [1.82, 2.24) is 9.88 Å². The second-order valence-electron chi connectivity index (χ2n) is 3.69. The lowest BCUT2D eigenvalue weighted by atomic mass is 10.2. The minimum atomic E-state index is -0.125. The van der Waals surface area contributed by atoms with Crippen molar-refractivity contribution in [2.24, 2.45) is 0 Å². The van der Waals surface area contributed by atoms with E-state index in [2.05, 4.69) is 29.8 Å². The quantitative estimate of drug-likeness (QED) is 0.776. The molecule has 1 heterocycles. The molecule has 0 aromatic carbocycles. The Morgan fingerprint density at radius 3 is 2.47 bits per heavy atom. The van der Waals surface area contributed by atoms with Gasteiger partial charge in [0.15, 0.2) is 0 Å². The second kappa shape index (κ2) is 6.26. The lowest BCUT2D eigenvalue weighted by Crippen LogP contribution is -2.29. The van der Waals surface area contributed by atoms with Crippen molar-refractivity contribution in [1.29, 1.82) is 5.26 Å². The van der Waals surface area contributed by atoms with Gasteiger partial charge in [-0.15, -0.1) is 0 Å². The average Bonchev–Trinajstić information content (AvgIpc) is 2.73. The topological polar surface area (TPSA) is 42.8 Å². The SMILES string of the molecule is CCCN(CCC)C(C#N)c1ccc[nH]1. The summed E-state index contributed by atoms with van der Waals surface area (Å²) in [4.78, 5) is 5.35.